The van der Waals surface area contributed by atoms with Crippen LogP contribution in [-0.4, -0.2) is 59.7 Å². The van der Waals surface area contributed by atoms with Crippen LogP contribution < -0.4 is 14.4 Å². The Morgan fingerprint density at radius 3 is 2.72 bits per heavy atom. The van der Waals surface area contributed by atoms with E-state index in [0.29, 0.717) is 25.6 Å². The van der Waals surface area contributed by atoms with Gasteiger partial charge >= 0.3 is 0 Å². The first-order chi connectivity index (χ1) is 14.1. The van der Waals surface area contributed by atoms with Crippen molar-refractivity contribution in [3.63, 3.8) is 0 Å². The summed E-state index contributed by atoms with van der Waals surface area (Å²) < 4.78 is 11.6. The van der Waals surface area contributed by atoms with Gasteiger partial charge in [-0.2, -0.15) is 0 Å². The Balaban J connectivity index is 1.42. The largest absolute Gasteiger partial charge is 0.493 e. The molecule has 1 atom stereocenters. The number of aromatic nitrogens is 2. The number of hydrogen-bond acceptors (Lipinski definition) is 6. The molecule has 0 radical (unpaired) electrons. The third-order valence-electron chi connectivity index (χ3n) is 5.16. The van der Waals surface area contributed by atoms with E-state index >= 15 is 0 Å². The van der Waals surface area contributed by atoms with E-state index in [1.54, 1.807) is 24.5 Å². The topological polar surface area (TPSA) is 67.8 Å². The minimum atomic E-state index is -0.00383. The number of piperazine rings is 1. The SMILES string of the molecule is CCOc1cc2c(cc1C=CC(=O)N1CCN(c3ncccn3)CC1)OC(C)C2. The summed E-state index contributed by atoms with van der Waals surface area (Å²) in [6, 6.07) is 5.80. The van der Waals surface area contributed by atoms with E-state index in [2.05, 4.69) is 21.8 Å². The zero-order chi connectivity index (χ0) is 20.2. The number of benzene rings is 1. The summed E-state index contributed by atoms with van der Waals surface area (Å²) in [6.45, 7) is 7.32. The monoisotopic (exact) mass is 394 g/mol. The quantitative estimate of drug-likeness (QED) is 0.726. The number of carbonyl (C=O) groups is 1. The van der Waals surface area contributed by atoms with Crippen LogP contribution in [-0.2, 0) is 11.2 Å². The van der Waals surface area contributed by atoms with E-state index in [-0.39, 0.29) is 12.0 Å². The smallest absolute Gasteiger partial charge is 0.246 e. The predicted molar refractivity (Wildman–Crippen MR) is 111 cm³/mol. The van der Waals surface area contributed by atoms with Crippen LogP contribution in [0.25, 0.3) is 6.08 Å². The van der Waals surface area contributed by atoms with Crippen molar-refractivity contribution in [2.75, 3.05) is 37.7 Å². The number of hydrogen-bond donors (Lipinski definition) is 0. The van der Waals surface area contributed by atoms with E-state index in [0.717, 1.165) is 42.1 Å². The Labute approximate surface area is 171 Å². The Morgan fingerprint density at radius 1 is 1.24 bits per heavy atom. The number of anilines is 1. The second kappa shape index (κ2) is 8.51. The minimum absolute atomic E-state index is 0.00383. The molecule has 2 aliphatic rings. The van der Waals surface area contributed by atoms with Crippen molar-refractivity contribution < 1.29 is 14.3 Å². The molecule has 3 heterocycles. The van der Waals surface area contributed by atoms with Crippen LogP contribution in [0.4, 0.5) is 5.95 Å². The molecule has 1 aromatic heterocycles. The molecule has 1 aromatic carbocycles. The van der Waals surface area contributed by atoms with Crippen LogP contribution in [0.1, 0.15) is 25.0 Å². The zero-order valence-electron chi connectivity index (χ0n) is 16.9. The minimum Gasteiger partial charge on any atom is -0.493 e. The zero-order valence-corrected chi connectivity index (χ0v) is 16.9. The average Bonchev–Trinajstić information content (AvgIpc) is 3.11. The molecule has 29 heavy (non-hydrogen) atoms. The van der Waals surface area contributed by atoms with Crippen LogP contribution in [0.2, 0.25) is 0 Å². The van der Waals surface area contributed by atoms with Crippen molar-refractivity contribution in [1.29, 1.82) is 0 Å². The van der Waals surface area contributed by atoms with E-state index < -0.39 is 0 Å². The fraction of sp³-hybridized carbons (Fsp3) is 0.409. The molecule has 1 amide bonds. The van der Waals surface area contributed by atoms with Gasteiger partial charge in [0.2, 0.25) is 11.9 Å². The second-order valence-electron chi connectivity index (χ2n) is 7.26. The fourth-order valence-electron chi connectivity index (χ4n) is 3.71. The molecule has 0 spiro atoms. The summed E-state index contributed by atoms with van der Waals surface area (Å²) in [5.74, 6) is 2.38. The number of carbonyl (C=O) groups excluding carboxylic acids is 1. The maximum atomic E-state index is 12.7. The Bertz CT molecular complexity index is 892. The van der Waals surface area contributed by atoms with Gasteiger partial charge in [0.25, 0.3) is 0 Å². The normalized spacial score (nSPS) is 18.6. The summed E-state index contributed by atoms with van der Waals surface area (Å²) in [7, 11) is 0. The van der Waals surface area contributed by atoms with Gasteiger partial charge in [0, 0.05) is 62.2 Å². The fourth-order valence-corrected chi connectivity index (χ4v) is 3.71. The van der Waals surface area contributed by atoms with Gasteiger partial charge in [-0.25, -0.2) is 9.97 Å². The van der Waals surface area contributed by atoms with Crippen LogP contribution in [0.3, 0.4) is 0 Å². The van der Waals surface area contributed by atoms with Crippen molar-refractivity contribution in [2.45, 2.75) is 26.4 Å². The molecule has 1 unspecified atom stereocenters. The lowest BCUT2D eigenvalue weighted by molar-refractivity contribution is -0.126. The summed E-state index contributed by atoms with van der Waals surface area (Å²) >= 11 is 0. The molecule has 2 aliphatic heterocycles. The molecule has 7 heteroatoms. The molecule has 0 N–H and O–H groups in total. The number of ether oxygens (including phenoxy) is 2. The molecule has 0 saturated carbocycles. The molecular formula is C22H26N4O3. The number of amides is 1. The third kappa shape index (κ3) is 4.34. The first-order valence-corrected chi connectivity index (χ1v) is 10.1. The van der Waals surface area contributed by atoms with Crippen molar-refractivity contribution >= 4 is 17.9 Å². The molecule has 1 fully saturated rings. The lowest BCUT2D eigenvalue weighted by Crippen LogP contribution is -2.48. The highest BCUT2D eigenvalue weighted by Gasteiger charge is 2.23. The van der Waals surface area contributed by atoms with Gasteiger partial charge < -0.3 is 19.3 Å². The van der Waals surface area contributed by atoms with Crippen molar-refractivity contribution in [3.8, 4) is 11.5 Å². The van der Waals surface area contributed by atoms with Gasteiger partial charge in [0.05, 0.1) is 6.61 Å². The maximum absolute atomic E-state index is 12.7. The Kier molecular flexibility index (Phi) is 5.64. The maximum Gasteiger partial charge on any atom is 0.246 e. The Hall–Kier alpha value is -3.09. The summed E-state index contributed by atoms with van der Waals surface area (Å²) in [6.07, 6.45) is 7.97. The number of fused-ring (bicyclic) bond motifs is 1. The molecule has 4 rings (SSSR count). The van der Waals surface area contributed by atoms with E-state index in [1.165, 1.54) is 0 Å². The molecule has 1 saturated heterocycles. The lowest BCUT2D eigenvalue weighted by atomic mass is 10.1. The van der Waals surface area contributed by atoms with Gasteiger partial charge in [0.15, 0.2) is 0 Å². The van der Waals surface area contributed by atoms with E-state index in [9.17, 15) is 4.79 Å². The highest BCUT2D eigenvalue weighted by Crippen LogP contribution is 2.35. The van der Waals surface area contributed by atoms with Gasteiger partial charge in [-0.3, -0.25) is 4.79 Å². The van der Waals surface area contributed by atoms with Crippen LogP contribution in [0.5, 0.6) is 11.5 Å². The first kappa shape index (κ1) is 19.2. The standard InChI is InChI=1S/C22H26N4O3/c1-3-28-19-15-18-13-16(2)29-20(18)14-17(19)5-6-21(27)25-9-11-26(12-10-25)22-23-7-4-8-24-22/h4-8,14-16H,3,9-13H2,1-2H3. The lowest BCUT2D eigenvalue weighted by Gasteiger charge is -2.34. The summed E-state index contributed by atoms with van der Waals surface area (Å²) in [4.78, 5) is 25.2. The van der Waals surface area contributed by atoms with Crippen LogP contribution in [0.15, 0.2) is 36.7 Å². The predicted octanol–water partition coefficient (Wildman–Crippen LogP) is 2.56. The van der Waals surface area contributed by atoms with Gasteiger partial charge in [-0.05, 0) is 38.1 Å². The van der Waals surface area contributed by atoms with Crippen molar-refractivity contribution in [3.05, 3.63) is 47.8 Å². The molecule has 0 bridgehead atoms. The molecule has 7 nitrogen and oxygen atoms in total. The summed E-state index contributed by atoms with van der Waals surface area (Å²) in [5, 5.41) is 0. The number of nitrogens with zero attached hydrogens (tertiary/aromatic N) is 4. The van der Waals surface area contributed by atoms with E-state index in [4.69, 9.17) is 9.47 Å². The Morgan fingerprint density at radius 2 is 2.00 bits per heavy atom. The molecule has 0 aliphatic carbocycles. The summed E-state index contributed by atoms with van der Waals surface area (Å²) in [5.41, 5.74) is 2.02. The van der Waals surface area contributed by atoms with Gasteiger partial charge in [-0.1, -0.05) is 0 Å². The van der Waals surface area contributed by atoms with Crippen LogP contribution in [0, 0.1) is 0 Å². The number of rotatable bonds is 5. The molecule has 2 aromatic rings. The van der Waals surface area contributed by atoms with Crippen molar-refractivity contribution in [1.82, 2.24) is 14.9 Å². The molecular weight excluding hydrogens is 368 g/mol. The third-order valence-corrected chi connectivity index (χ3v) is 5.16. The van der Waals surface area contributed by atoms with Gasteiger partial charge in [0.1, 0.15) is 17.6 Å². The highest BCUT2D eigenvalue weighted by atomic mass is 16.5. The highest BCUT2D eigenvalue weighted by molar-refractivity contribution is 5.92. The van der Waals surface area contributed by atoms with Crippen LogP contribution >= 0.6 is 0 Å². The molecule has 152 valence electrons. The second-order valence-corrected chi connectivity index (χ2v) is 7.26. The average molecular weight is 394 g/mol. The van der Waals surface area contributed by atoms with E-state index in [1.807, 2.05) is 30.0 Å². The first-order valence-electron chi connectivity index (χ1n) is 10.1. The van der Waals surface area contributed by atoms with Gasteiger partial charge in [-0.15, -0.1) is 0 Å². The van der Waals surface area contributed by atoms with Crippen molar-refractivity contribution in [2.24, 2.45) is 0 Å².